The lowest BCUT2D eigenvalue weighted by Gasteiger charge is -1.79. The largest absolute Gasteiger partial charge is 0.396 e. The third kappa shape index (κ3) is 0.440. The lowest BCUT2D eigenvalue weighted by atomic mass is 10.5. The van der Waals surface area contributed by atoms with Gasteiger partial charge in [-0.15, -0.1) is 0 Å². The predicted molar refractivity (Wildman–Crippen MR) is 34.0 cm³/mol. The van der Waals surface area contributed by atoms with Crippen LogP contribution in [-0.2, 0) is 0 Å². The molecule has 0 aliphatic carbocycles. The second-order valence-electron chi connectivity index (χ2n) is 1.85. The van der Waals surface area contributed by atoms with Gasteiger partial charge in [0.2, 0.25) is 0 Å². The summed E-state index contributed by atoms with van der Waals surface area (Å²) in [4.78, 5) is 3.96. The standard InChI is InChI=1S/C5H6N4/c6-4-1-2-9-5(4)7-3-8-9/h1-3H,6H2,(H,7,8). The molecular formula is C5H6N4. The van der Waals surface area contributed by atoms with Crippen LogP contribution < -0.4 is 5.73 Å². The zero-order valence-corrected chi connectivity index (χ0v) is 4.70. The van der Waals surface area contributed by atoms with Crippen LogP contribution in [0, 0.1) is 0 Å². The molecular weight excluding hydrogens is 116 g/mol. The molecule has 0 bridgehead atoms. The number of hydrogen-bond donors (Lipinski definition) is 2. The Bertz CT molecular complexity index is 318. The molecule has 2 aromatic rings. The zero-order chi connectivity index (χ0) is 6.27. The van der Waals surface area contributed by atoms with E-state index in [-0.39, 0.29) is 0 Å². The molecule has 0 aliphatic heterocycles. The van der Waals surface area contributed by atoms with E-state index in [1.165, 1.54) is 0 Å². The van der Waals surface area contributed by atoms with Crippen molar-refractivity contribution in [2.75, 3.05) is 5.73 Å². The molecule has 0 saturated heterocycles. The highest BCUT2D eigenvalue weighted by molar-refractivity contribution is 5.64. The quantitative estimate of drug-likeness (QED) is 0.526. The summed E-state index contributed by atoms with van der Waals surface area (Å²) >= 11 is 0. The smallest absolute Gasteiger partial charge is 0.176 e. The van der Waals surface area contributed by atoms with Crippen molar-refractivity contribution in [2.24, 2.45) is 0 Å². The van der Waals surface area contributed by atoms with Crippen molar-refractivity contribution in [1.82, 2.24) is 14.6 Å². The Kier molecular flexibility index (Phi) is 0.631. The monoisotopic (exact) mass is 122 g/mol. The van der Waals surface area contributed by atoms with E-state index in [0.29, 0.717) is 5.69 Å². The molecule has 0 saturated carbocycles. The van der Waals surface area contributed by atoms with E-state index >= 15 is 0 Å². The van der Waals surface area contributed by atoms with Gasteiger partial charge in [0.1, 0.15) is 6.33 Å². The number of nitrogens with one attached hydrogen (secondary N) is 1. The lowest BCUT2D eigenvalue weighted by molar-refractivity contribution is 0.976. The molecule has 0 aromatic carbocycles. The molecule has 46 valence electrons. The molecule has 2 aromatic heterocycles. The number of rotatable bonds is 0. The molecule has 2 rings (SSSR count). The molecule has 0 fully saturated rings. The zero-order valence-electron chi connectivity index (χ0n) is 4.70. The van der Waals surface area contributed by atoms with E-state index in [2.05, 4.69) is 10.1 Å². The number of anilines is 1. The second-order valence-corrected chi connectivity index (χ2v) is 1.85. The summed E-state index contributed by atoms with van der Waals surface area (Å²) in [7, 11) is 0. The van der Waals surface area contributed by atoms with E-state index < -0.39 is 0 Å². The van der Waals surface area contributed by atoms with E-state index in [1.54, 1.807) is 16.9 Å². The minimum Gasteiger partial charge on any atom is -0.396 e. The number of nitrogens with zero attached hydrogens (tertiary/aromatic N) is 2. The summed E-state index contributed by atoms with van der Waals surface area (Å²) < 4.78 is 1.76. The van der Waals surface area contributed by atoms with Crippen molar-refractivity contribution in [3.8, 4) is 0 Å². The van der Waals surface area contributed by atoms with E-state index in [9.17, 15) is 0 Å². The number of H-pyrrole nitrogens is 1. The molecule has 3 N–H and O–H groups in total. The molecule has 0 aliphatic rings. The topological polar surface area (TPSA) is 59.1 Å². The Morgan fingerprint density at radius 3 is 3.33 bits per heavy atom. The fourth-order valence-corrected chi connectivity index (χ4v) is 0.832. The van der Waals surface area contributed by atoms with Crippen molar-refractivity contribution < 1.29 is 0 Å². The van der Waals surface area contributed by atoms with Crippen molar-refractivity contribution in [2.45, 2.75) is 0 Å². The van der Waals surface area contributed by atoms with Gasteiger partial charge in [0.05, 0.1) is 5.69 Å². The molecule has 0 atom stereocenters. The van der Waals surface area contributed by atoms with Gasteiger partial charge >= 0.3 is 0 Å². The number of hydrogen-bond acceptors (Lipinski definition) is 2. The van der Waals surface area contributed by atoms with Gasteiger partial charge < -0.3 is 5.73 Å². The highest BCUT2D eigenvalue weighted by Gasteiger charge is 1.96. The first-order valence-electron chi connectivity index (χ1n) is 2.64. The Morgan fingerprint density at radius 1 is 1.67 bits per heavy atom. The number of aromatic amines is 1. The van der Waals surface area contributed by atoms with Crippen LogP contribution >= 0.6 is 0 Å². The first-order chi connectivity index (χ1) is 4.38. The van der Waals surface area contributed by atoms with Gasteiger partial charge in [-0.05, 0) is 6.07 Å². The summed E-state index contributed by atoms with van der Waals surface area (Å²) in [5.74, 6) is 0. The van der Waals surface area contributed by atoms with Gasteiger partial charge in [0.15, 0.2) is 5.65 Å². The summed E-state index contributed by atoms with van der Waals surface area (Å²) in [5, 5.41) is 2.87. The SMILES string of the molecule is Nc1ccn2[nH]cnc12. The Hall–Kier alpha value is -1.45. The van der Waals surface area contributed by atoms with E-state index in [1.807, 2.05) is 6.20 Å². The van der Waals surface area contributed by atoms with Crippen LogP contribution in [0.5, 0.6) is 0 Å². The van der Waals surface area contributed by atoms with Crippen LogP contribution in [0.2, 0.25) is 0 Å². The summed E-state index contributed by atoms with van der Waals surface area (Å²) in [5.41, 5.74) is 7.01. The van der Waals surface area contributed by atoms with Crippen LogP contribution in [0.4, 0.5) is 5.69 Å². The van der Waals surface area contributed by atoms with Crippen molar-refractivity contribution in [3.63, 3.8) is 0 Å². The summed E-state index contributed by atoms with van der Waals surface area (Å²) in [6, 6.07) is 1.80. The van der Waals surface area contributed by atoms with Gasteiger partial charge in [0.25, 0.3) is 0 Å². The molecule has 0 unspecified atom stereocenters. The second kappa shape index (κ2) is 1.28. The number of nitrogens with two attached hydrogens (primary N) is 1. The minimum atomic E-state index is 0.705. The number of fused-ring (bicyclic) bond motifs is 1. The van der Waals surface area contributed by atoms with Crippen LogP contribution in [-0.4, -0.2) is 14.6 Å². The third-order valence-corrected chi connectivity index (χ3v) is 1.27. The van der Waals surface area contributed by atoms with Gasteiger partial charge in [-0.2, -0.15) is 0 Å². The maximum absolute atomic E-state index is 5.52. The normalized spacial score (nSPS) is 10.7. The van der Waals surface area contributed by atoms with E-state index in [4.69, 9.17) is 5.73 Å². The molecule has 4 heteroatoms. The molecule has 9 heavy (non-hydrogen) atoms. The van der Waals surface area contributed by atoms with Crippen LogP contribution in [0.3, 0.4) is 0 Å². The highest BCUT2D eigenvalue weighted by atomic mass is 15.3. The molecule has 2 heterocycles. The third-order valence-electron chi connectivity index (χ3n) is 1.27. The van der Waals surface area contributed by atoms with Crippen molar-refractivity contribution >= 4 is 11.3 Å². The maximum atomic E-state index is 5.52. The van der Waals surface area contributed by atoms with Crippen molar-refractivity contribution in [1.29, 1.82) is 0 Å². The minimum absolute atomic E-state index is 0.705. The molecule has 0 spiro atoms. The fourth-order valence-electron chi connectivity index (χ4n) is 0.832. The average molecular weight is 122 g/mol. The average Bonchev–Trinajstić information content (AvgIpc) is 2.35. The van der Waals surface area contributed by atoms with Crippen LogP contribution in [0.15, 0.2) is 18.6 Å². The predicted octanol–water partition coefficient (Wildman–Crippen LogP) is 0.245. The number of nitrogen functional groups attached to an aromatic ring is 1. The van der Waals surface area contributed by atoms with Crippen molar-refractivity contribution in [3.05, 3.63) is 18.6 Å². The lowest BCUT2D eigenvalue weighted by Crippen LogP contribution is -1.82. The molecule has 0 amide bonds. The van der Waals surface area contributed by atoms with Gasteiger partial charge in [-0.1, -0.05) is 0 Å². The van der Waals surface area contributed by atoms with Gasteiger partial charge in [-0.25, -0.2) is 9.50 Å². The van der Waals surface area contributed by atoms with Gasteiger partial charge in [-0.3, -0.25) is 5.10 Å². The summed E-state index contributed by atoms with van der Waals surface area (Å²) in [6.45, 7) is 0. The van der Waals surface area contributed by atoms with Gasteiger partial charge in [0, 0.05) is 6.20 Å². The number of aromatic nitrogens is 3. The molecule has 4 nitrogen and oxygen atoms in total. The molecule has 0 radical (unpaired) electrons. The first kappa shape index (κ1) is 4.43. The van der Waals surface area contributed by atoms with Crippen LogP contribution in [0.25, 0.3) is 5.65 Å². The Morgan fingerprint density at radius 2 is 2.56 bits per heavy atom. The fraction of sp³-hybridized carbons (Fsp3) is 0. The summed E-state index contributed by atoms with van der Waals surface area (Å²) in [6.07, 6.45) is 3.43. The maximum Gasteiger partial charge on any atom is 0.176 e. The Balaban J connectivity index is 2.99. The van der Waals surface area contributed by atoms with E-state index in [0.717, 1.165) is 5.65 Å². The first-order valence-corrected chi connectivity index (χ1v) is 2.64. The van der Waals surface area contributed by atoms with Crippen LogP contribution in [0.1, 0.15) is 0 Å². The highest BCUT2D eigenvalue weighted by Crippen LogP contribution is 2.08. The Labute approximate surface area is 51.3 Å².